The number of rotatable bonds is 4. The van der Waals surface area contributed by atoms with Gasteiger partial charge in [0.15, 0.2) is 5.78 Å². The highest BCUT2D eigenvalue weighted by molar-refractivity contribution is 6.20. The number of ketones is 1. The van der Waals surface area contributed by atoms with Crippen LogP contribution in [0.4, 0.5) is 5.69 Å². The minimum atomic E-state index is -0.368. The molecule has 2 aliphatic carbocycles. The van der Waals surface area contributed by atoms with Gasteiger partial charge in [-0.05, 0) is 54.2 Å². The number of carbonyl (C=O) groups excluding carboxylic acids is 2. The second-order valence-electron chi connectivity index (χ2n) is 10.7. The van der Waals surface area contributed by atoms with E-state index in [2.05, 4.69) is 42.8 Å². The van der Waals surface area contributed by atoms with Crippen molar-refractivity contribution in [3.8, 4) is 0 Å². The number of H-pyrrole nitrogens is 1. The fourth-order valence-electron chi connectivity index (χ4n) is 5.95. The molecular formula is C29H32N4O2. The Bertz CT molecular complexity index is 1390. The average molecular weight is 469 g/mol. The van der Waals surface area contributed by atoms with Gasteiger partial charge in [-0.1, -0.05) is 32.9 Å². The second kappa shape index (κ2) is 7.80. The summed E-state index contributed by atoms with van der Waals surface area (Å²) in [4.78, 5) is 34.3. The van der Waals surface area contributed by atoms with E-state index in [1.165, 1.54) is 17.5 Å². The lowest BCUT2D eigenvalue weighted by molar-refractivity contribution is -0.132. The minimum Gasteiger partial charge on any atom is -0.368 e. The smallest absolute Gasteiger partial charge is 0.225 e. The zero-order valence-electron chi connectivity index (χ0n) is 20.7. The summed E-state index contributed by atoms with van der Waals surface area (Å²) in [5, 5.41) is 8.52. The summed E-state index contributed by atoms with van der Waals surface area (Å²) in [6.07, 6.45) is 4.27. The monoisotopic (exact) mass is 468 g/mol. The predicted molar refractivity (Wildman–Crippen MR) is 139 cm³/mol. The normalized spacial score (nSPS) is 19.0. The Morgan fingerprint density at radius 1 is 1.14 bits per heavy atom. The van der Waals surface area contributed by atoms with Crippen molar-refractivity contribution in [2.75, 3.05) is 31.1 Å². The number of amides is 1. The molecule has 1 saturated carbocycles. The topological polar surface area (TPSA) is 80.3 Å². The molecule has 3 aliphatic rings. The highest BCUT2D eigenvalue weighted by Crippen LogP contribution is 2.46. The number of piperazine rings is 1. The maximum absolute atomic E-state index is 13.8. The van der Waals surface area contributed by atoms with Crippen LogP contribution in [-0.4, -0.2) is 54.0 Å². The number of benzene rings is 2. The Morgan fingerprint density at radius 2 is 1.89 bits per heavy atom. The van der Waals surface area contributed by atoms with E-state index in [-0.39, 0.29) is 17.1 Å². The maximum atomic E-state index is 13.8. The molecule has 0 unspecified atom stereocenters. The number of anilines is 1. The van der Waals surface area contributed by atoms with Crippen molar-refractivity contribution in [2.24, 2.45) is 5.92 Å². The van der Waals surface area contributed by atoms with Crippen molar-refractivity contribution >= 4 is 34.5 Å². The first-order valence-corrected chi connectivity index (χ1v) is 12.8. The molecule has 6 nitrogen and oxygen atoms in total. The van der Waals surface area contributed by atoms with E-state index in [9.17, 15) is 9.59 Å². The molecule has 1 amide bonds. The van der Waals surface area contributed by atoms with Crippen LogP contribution in [0.2, 0.25) is 0 Å². The number of nitrogens with zero attached hydrogens (tertiary/aromatic N) is 2. The quantitative estimate of drug-likeness (QED) is 0.547. The summed E-state index contributed by atoms with van der Waals surface area (Å²) in [7, 11) is 0. The molecule has 180 valence electrons. The van der Waals surface area contributed by atoms with Gasteiger partial charge in [0.05, 0.1) is 5.56 Å². The summed E-state index contributed by atoms with van der Waals surface area (Å²) < 4.78 is 0. The second-order valence-corrected chi connectivity index (χ2v) is 10.7. The van der Waals surface area contributed by atoms with Gasteiger partial charge in [0.1, 0.15) is 0 Å². The third-order valence-corrected chi connectivity index (χ3v) is 8.22. The highest BCUT2D eigenvalue weighted by Gasteiger charge is 2.41. The van der Waals surface area contributed by atoms with Crippen LogP contribution in [0.3, 0.4) is 0 Å². The van der Waals surface area contributed by atoms with E-state index in [1.54, 1.807) is 0 Å². The third kappa shape index (κ3) is 3.33. The molecule has 0 radical (unpaired) electrons. The first kappa shape index (κ1) is 22.1. The summed E-state index contributed by atoms with van der Waals surface area (Å²) in [5.74, 6) is 0.670. The number of hydrogen-bond donors (Lipinski definition) is 2. The molecule has 1 saturated heterocycles. The number of carbonyl (C=O) groups is 2. The fourth-order valence-corrected chi connectivity index (χ4v) is 5.95. The maximum Gasteiger partial charge on any atom is 0.225 e. The number of aryl methyl sites for hydroxylation is 1. The zero-order chi connectivity index (χ0) is 24.5. The van der Waals surface area contributed by atoms with Gasteiger partial charge in [-0.3, -0.25) is 9.59 Å². The van der Waals surface area contributed by atoms with Crippen LogP contribution in [0, 0.1) is 11.3 Å². The van der Waals surface area contributed by atoms with Crippen molar-refractivity contribution in [2.45, 2.75) is 45.4 Å². The summed E-state index contributed by atoms with van der Waals surface area (Å²) >= 11 is 0. The molecule has 0 spiro atoms. The number of hydrogen-bond acceptors (Lipinski definition) is 4. The van der Waals surface area contributed by atoms with E-state index in [4.69, 9.17) is 5.41 Å². The van der Waals surface area contributed by atoms with Crippen LogP contribution in [0.15, 0.2) is 30.3 Å². The summed E-state index contributed by atoms with van der Waals surface area (Å²) in [6.45, 7) is 9.69. The number of fused-ring (bicyclic) bond motifs is 4. The van der Waals surface area contributed by atoms with Gasteiger partial charge < -0.3 is 20.2 Å². The van der Waals surface area contributed by atoms with Crippen molar-refractivity contribution in [3.63, 3.8) is 0 Å². The summed E-state index contributed by atoms with van der Waals surface area (Å²) in [5.41, 5.74) is 7.28. The Balaban J connectivity index is 1.40. The Labute approximate surface area is 205 Å². The largest absolute Gasteiger partial charge is 0.368 e. The highest BCUT2D eigenvalue weighted by atomic mass is 16.2. The Morgan fingerprint density at radius 3 is 2.54 bits per heavy atom. The molecule has 1 aromatic heterocycles. The van der Waals surface area contributed by atoms with Crippen LogP contribution < -0.4 is 4.90 Å². The van der Waals surface area contributed by atoms with Crippen LogP contribution in [0.5, 0.6) is 0 Å². The predicted octanol–water partition coefficient (Wildman–Crippen LogP) is 4.66. The van der Waals surface area contributed by atoms with Crippen molar-refractivity contribution < 1.29 is 9.59 Å². The molecular weight excluding hydrogens is 436 g/mol. The lowest BCUT2D eigenvalue weighted by Gasteiger charge is -2.39. The fraction of sp³-hybridized carbons (Fsp3) is 0.414. The molecule has 6 rings (SSSR count). The van der Waals surface area contributed by atoms with Crippen molar-refractivity contribution in [3.05, 3.63) is 63.8 Å². The van der Waals surface area contributed by atoms with Gasteiger partial charge in [-0.25, -0.2) is 0 Å². The lowest BCUT2D eigenvalue weighted by Crippen LogP contribution is -2.49. The van der Waals surface area contributed by atoms with E-state index >= 15 is 0 Å². The lowest BCUT2D eigenvalue weighted by atomic mass is 9.70. The van der Waals surface area contributed by atoms with Crippen molar-refractivity contribution in [1.29, 1.82) is 5.41 Å². The van der Waals surface area contributed by atoms with Crippen LogP contribution in [0.1, 0.15) is 71.9 Å². The van der Waals surface area contributed by atoms with Gasteiger partial charge in [-0.2, -0.15) is 0 Å². The Hall–Kier alpha value is -3.41. The molecule has 35 heavy (non-hydrogen) atoms. The molecule has 2 N–H and O–H groups in total. The zero-order valence-corrected chi connectivity index (χ0v) is 20.7. The van der Waals surface area contributed by atoms with Crippen LogP contribution in [-0.2, 0) is 16.6 Å². The number of nitrogens with one attached hydrogen (secondary N) is 2. The van der Waals surface area contributed by atoms with Crippen molar-refractivity contribution in [1.82, 2.24) is 9.88 Å². The number of aromatic amines is 1. The molecule has 2 heterocycles. The van der Waals surface area contributed by atoms with Gasteiger partial charge >= 0.3 is 0 Å². The van der Waals surface area contributed by atoms with Gasteiger partial charge in [-0.15, -0.1) is 0 Å². The first-order chi connectivity index (χ1) is 16.8. The molecule has 3 aromatic rings. The molecule has 2 aromatic carbocycles. The van der Waals surface area contributed by atoms with E-state index < -0.39 is 0 Å². The van der Waals surface area contributed by atoms with Gasteiger partial charge in [0, 0.05) is 71.6 Å². The Kier molecular flexibility index (Phi) is 4.92. The SMILES string of the molecule is CCc1cc2c(cc1N1CCN(C(=O)C3CC3)CC1)C(C)(C)c1[nH]c3cc(C=N)ccc3c1C2=O. The molecule has 0 bridgehead atoms. The average Bonchev–Trinajstić information content (AvgIpc) is 3.65. The first-order valence-electron chi connectivity index (χ1n) is 12.8. The van der Waals surface area contributed by atoms with Crippen LogP contribution >= 0.6 is 0 Å². The molecule has 0 atom stereocenters. The summed E-state index contributed by atoms with van der Waals surface area (Å²) in [6, 6.07) is 10.2. The molecule has 1 aliphatic heterocycles. The van der Waals surface area contributed by atoms with Gasteiger partial charge in [0.25, 0.3) is 0 Å². The minimum absolute atomic E-state index is 0.0734. The molecule has 2 fully saturated rings. The van der Waals surface area contributed by atoms with Gasteiger partial charge in [0.2, 0.25) is 5.91 Å². The number of aromatic nitrogens is 1. The third-order valence-electron chi connectivity index (χ3n) is 8.22. The van der Waals surface area contributed by atoms with E-state index in [0.29, 0.717) is 5.91 Å². The van der Waals surface area contributed by atoms with Crippen LogP contribution in [0.25, 0.3) is 10.9 Å². The van der Waals surface area contributed by atoms with E-state index in [0.717, 1.165) is 84.3 Å². The molecule has 6 heteroatoms. The van der Waals surface area contributed by atoms with E-state index in [1.807, 2.05) is 23.1 Å². The standard InChI is InChI=1S/C29H32N4O2/c1-4-18-14-21-22(15-24(18)32-9-11-33(12-10-32)28(35)19-6-7-19)29(2,3)27-25(26(21)34)20-8-5-17(16-30)13-23(20)31-27/h5,8,13-16,19,30-31H,4,6-7,9-12H2,1-3H3.